The molecular formula is C12H15NO3S. The van der Waals surface area contributed by atoms with Gasteiger partial charge in [0.1, 0.15) is 0 Å². The Morgan fingerprint density at radius 3 is 2.59 bits per heavy atom. The van der Waals surface area contributed by atoms with E-state index in [0.29, 0.717) is 30.2 Å². The van der Waals surface area contributed by atoms with Gasteiger partial charge in [-0.1, -0.05) is 12.1 Å². The average molecular weight is 253 g/mol. The molecule has 1 aliphatic heterocycles. The molecule has 4 nitrogen and oxygen atoms in total. The molecule has 1 aromatic carbocycles. The van der Waals surface area contributed by atoms with Crippen LogP contribution in [0.25, 0.3) is 0 Å². The number of aryl methyl sites for hydroxylation is 1. The highest BCUT2D eigenvalue weighted by molar-refractivity contribution is 7.85. The Labute approximate surface area is 103 Å². The fraction of sp³-hybridized carbons (Fsp3) is 0.417. The first-order chi connectivity index (χ1) is 8.09. The normalized spacial score (nSPS) is 17.1. The average Bonchev–Trinajstić information content (AvgIpc) is 2.30. The molecule has 0 bridgehead atoms. The second-order valence-corrected chi connectivity index (χ2v) is 5.81. The third-order valence-electron chi connectivity index (χ3n) is 2.96. The van der Waals surface area contributed by atoms with Gasteiger partial charge >= 0.3 is 5.97 Å². The standard InChI is InChI=1S/C12H15NO3S/c1-9-3-2-4-10(12(14)15)11(9)13-5-7-17(16)8-6-13/h2-4H,5-8H2,1H3,(H,14,15). The van der Waals surface area contributed by atoms with Crippen molar-refractivity contribution in [3.05, 3.63) is 29.3 Å². The molecule has 1 aliphatic rings. The third-order valence-corrected chi connectivity index (χ3v) is 4.24. The lowest BCUT2D eigenvalue weighted by atomic mass is 10.1. The molecule has 17 heavy (non-hydrogen) atoms. The summed E-state index contributed by atoms with van der Waals surface area (Å²) in [5, 5.41) is 9.19. The van der Waals surface area contributed by atoms with Crippen molar-refractivity contribution in [3.8, 4) is 0 Å². The Bertz CT molecular complexity index is 463. The summed E-state index contributed by atoms with van der Waals surface area (Å²) >= 11 is 0. The summed E-state index contributed by atoms with van der Waals surface area (Å²) in [4.78, 5) is 13.2. The minimum absolute atomic E-state index is 0.331. The molecule has 1 saturated heterocycles. The lowest BCUT2D eigenvalue weighted by Gasteiger charge is -2.30. The fourth-order valence-corrected chi connectivity index (χ4v) is 3.16. The molecule has 0 aliphatic carbocycles. The highest BCUT2D eigenvalue weighted by Gasteiger charge is 2.21. The number of hydrogen-bond acceptors (Lipinski definition) is 3. The van der Waals surface area contributed by atoms with Crippen LogP contribution >= 0.6 is 0 Å². The molecule has 0 unspecified atom stereocenters. The van der Waals surface area contributed by atoms with Gasteiger partial charge < -0.3 is 10.0 Å². The molecule has 1 N–H and O–H groups in total. The zero-order valence-electron chi connectivity index (χ0n) is 9.68. The smallest absolute Gasteiger partial charge is 0.337 e. The first kappa shape index (κ1) is 12.1. The molecule has 92 valence electrons. The van der Waals surface area contributed by atoms with Crippen LogP contribution in [0.15, 0.2) is 18.2 Å². The van der Waals surface area contributed by atoms with Crippen LogP contribution in [0.1, 0.15) is 15.9 Å². The molecule has 1 aromatic rings. The van der Waals surface area contributed by atoms with Crippen LogP contribution in [0.4, 0.5) is 5.69 Å². The molecule has 0 aromatic heterocycles. The van der Waals surface area contributed by atoms with Crippen LogP contribution in [-0.4, -0.2) is 39.9 Å². The predicted molar refractivity (Wildman–Crippen MR) is 68.2 cm³/mol. The second kappa shape index (κ2) is 4.87. The van der Waals surface area contributed by atoms with E-state index in [0.717, 1.165) is 11.3 Å². The van der Waals surface area contributed by atoms with Crippen LogP contribution in [-0.2, 0) is 10.8 Å². The van der Waals surface area contributed by atoms with Gasteiger partial charge in [-0.05, 0) is 18.6 Å². The summed E-state index contributed by atoms with van der Waals surface area (Å²) in [6.07, 6.45) is 0. The van der Waals surface area contributed by atoms with E-state index in [4.69, 9.17) is 0 Å². The van der Waals surface area contributed by atoms with Crippen LogP contribution in [0.5, 0.6) is 0 Å². The highest BCUT2D eigenvalue weighted by Crippen LogP contribution is 2.26. The molecule has 2 rings (SSSR count). The van der Waals surface area contributed by atoms with Gasteiger partial charge in [-0.15, -0.1) is 0 Å². The number of nitrogens with zero attached hydrogens (tertiary/aromatic N) is 1. The lowest BCUT2D eigenvalue weighted by molar-refractivity contribution is 0.0697. The van der Waals surface area contributed by atoms with Crippen molar-refractivity contribution in [1.29, 1.82) is 0 Å². The van der Waals surface area contributed by atoms with Crippen LogP contribution < -0.4 is 4.90 Å². The minimum atomic E-state index is -0.907. The van der Waals surface area contributed by atoms with Crippen molar-refractivity contribution in [1.82, 2.24) is 0 Å². The van der Waals surface area contributed by atoms with Crippen molar-refractivity contribution >= 4 is 22.5 Å². The number of para-hydroxylation sites is 1. The highest BCUT2D eigenvalue weighted by atomic mass is 32.2. The van der Waals surface area contributed by atoms with Gasteiger partial charge in [-0.2, -0.15) is 0 Å². The number of hydrogen-bond donors (Lipinski definition) is 1. The minimum Gasteiger partial charge on any atom is -0.478 e. The van der Waals surface area contributed by atoms with Gasteiger partial charge in [0.05, 0.1) is 11.3 Å². The molecule has 0 saturated carbocycles. The van der Waals surface area contributed by atoms with E-state index >= 15 is 0 Å². The number of anilines is 1. The summed E-state index contributed by atoms with van der Waals surface area (Å²) in [5.41, 5.74) is 2.06. The Kier molecular flexibility index (Phi) is 3.47. The molecule has 5 heteroatoms. The molecule has 0 spiro atoms. The maximum absolute atomic E-state index is 11.3. The van der Waals surface area contributed by atoms with Gasteiger partial charge in [-0.25, -0.2) is 4.79 Å². The Morgan fingerprint density at radius 1 is 1.35 bits per heavy atom. The quantitative estimate of drug-likeness (QED) is 0.862. The van der Waals surface area contributed by atoms with E-state index in [1.807, 2.05) is 17.9 Å². The Balaban J connectivity index is 2.36. The number of carboxylic acid groups (broad SMARTS) is 1. The Hall–Kier alpha value is -1.36. The molecule has 0 atom stereocenters. The SMILES string of the molecule is Cc1cccc(C(=O)O)c1N1CCS(=O)CC1. The monoisotopic (exact) mass is 253 g/mol. The summed E-state index contributed by atoms with van der Waals surface area (Å²) < 4.78 is 11.3. The number of carboxylic acids is 1. The van der Waals surface area contributed by atoms with E-state index in [-0.39, 0.29) is 0 Å². The fourth-order valence-electron chi connectivity index (χ4n) is 2.11. The second-order valence-electron chi connectivity index (χ2n) is 4.11. The maximum atomic E-state index is 11.3. The summed E-state index contributed by atoms with van der Waals surface area (Å²) in [7, 11) is -0.748. The van der Waals surface area contributed by atoms with Crippen molar-refractivity contribution < 1.29 is 14.1 Å². The van der Waals surface area contributed by atoms with Gasteiger partial charge in [0.15, 0.2) is 0 Å². The molecule has 1 heterocycles. The number of carbonyl (C=O) groups is 1. The van der Waals surface area contributed by atoms with Crippen LogP contribution in [0, 0.1) is 6.92 Å². The van der Waals surface area contributed by atoms with E-state index in [9.17, 15) is 14.1 Å². The predicted octanol–water partition coefficient (Wildman–Crippen LogP) is 1.26. The summed E-state index contributed by atoms with van der Waals surface area (Å²) in [6.45, 7) is 3.24. The molecule has 1 fully saturated rings. The van der Waals surface area contributed by atoms with Gasteiger partial charge in [0, 0.05) is 35.4 Å². The number of benzene rings is 1. The van der Waals surface area contributed by atoms with E-state index in [2.05, 4.69) is 0 Å². The van der Waals surface area contributed by atoms with E-state index < -0.39 is 16.8 Å². The van der Waals surface area contributed by atoms with Crippen molar-refractivity contribution in [3.63, 3.8) is 0 Å². The molecule has 0 amide bonds. The zero-order chi connectivity index (χ0) is 12.4. The first-order valence-electron chi connectivity index (χ1n) is 5.52. The summed E-state index contributed by atoms with van der Waals surface area (Å²) in [6, 6.07) is 5.29. The van der Waals surface area contributed by atoms with Gasteiger partial charge in [0.25, 0.3) is 0 Å². The van der Waals surface area contributed by atoms with Gasteiger partial charge in [-0.3, -0.25) is 4.21 Å². The topological polar surface area (TPSA) is 57.6 Å². The number of rotatable bonds is 2. The molecule has 0 radical (unpaired) electrons. The zero-order valence-corrected chi connectivity index (χ0v) is 10.5. The Morgan fingerprint density at radius 2 is 2.00 bits per heavy atom. The van der Waals surface area contributed by atoms with Crippen LogP contribution in [0.3, 0.4) is 0 Å². The first-order valence-corrected chi connectivity index (χ1v) is 7.01. The van der Waals surface area contributed by atoms with Crippen molar-refractivity contribution in [2.75, 3.05) is 29.5 Å². The lowest BCUT2D eigenvalue weighted by Crippen LogP contribution is -2.38. The largest absolute Gasteiger partial charge is 0.478 e. The maximum Gasteiger partial charge on any atom is 0.337 e. The molecular weight excluding hydrogens is 238 g/mol. The summed E-state index contributed by atoms with van der Waals surface area (Å²) in [5.74, 6) is 0.330. The van der Waals surface area contributed by atoms with Crippen molar-refractivity contribution in [2.45, 2.75) is 6.92 Å². The van der Waals surface area contributed by atoms with Crippen molar-refractivity contribution in [2.24, 2.45) is 0 Å². The van der Waals surface area contributed by atoms with E-state index in [1.165, 1.54) is 0 Å². The number of aromatic carboxylic acids is 1. The van der Waals surface area contributed by atoms with Crippen LogP contribution in [0.2, 0.25) is 0 Å². The van der Waals surface area contributed by atoms with E-state index in [1.54, 1.807) is 12.1 Å². The third kappa shape index (κ3) is 2.49. The van der Waals surface area contributed by atoms with Gasteiger partial charge in [0.2, 0.25) is 0 Å².